The first-order chi connectivity index (χ1) is 17.9. The Hall–Kier alpha value is -3.94. The molecular weight excluding hydrogens is 476 g/mol. The highest BCUT2D eigenvalue weighted by molar-refractivity contribution is 6.14. The van der Waals surface area contributed by atoms with Gasteiger partial charge in [-0.1, -0.05) is 31.2 Å². The Labute approximate surface area is 215 Å². The minimum Gasteiger partial charge on any atom is -0.493 e. The highest BCUT2D eigenvalue weighted by atomic mass is 19.1. The molecule has 0 radical (unpaired) electrons. The molecule has 4 rings (SSSR count). The molecule has 8 heteroatoms. The average molecular weight is 508 g/mol. The summed E-state index contributed by atoms with van der Waals surface area (Å²) < 4.78 is 40.8. The number of carbonyl (C=O) groups is 1. The molecule has 0 aliphatic carbocycles. The standard InChI is InChI=1S/C29H31F2N3O3/c1-17-15-19-16-24(36-3)29(37-4)27(31)26(19)28(34-22(17)13-14-25(35)32-2)18-9-11-20(12-10-18)33-23-8-6-5-7-21(23)30/h5-12,16-17,22,33H,13-15H2,1-4H3,(H,32,35). The number of nitrogens with one attached hydrogen (secondary N) is 2. The number of rotatable bonds is 8. The molecule has 1 aliphatic rings. The van der Waals surface area contributed by atoms with Crippen LogP contribution in [0, 0.1) is 17.6 Å². The van der Waals surface area contributed by atoms with Gasteiger partial charge in [0.15, 0.2) is 17.3 Å². The van der Waals surface area contributed by atoms with Crippen LogP contribution in [0.4, 0.5) is 20.2 Å². The maximum absolute atomic E-state index is 15.9. The summed E-state index contributed by atoms with van der Waals surface area (Å²) in [5.74, 6) is -0.570. The molecule has 1 amide bonds. The third-order valence-corrected chi connectivity index (χ3v) is 6.68. The Kier molecular flexibility index (Phi) is 8.06. The summed E-state index contributed by atoms with van der Waals surface area (Å²) in [4.78, 5) is 17.0. The first kappa shape index (κ1) is 26.1. The minimum atomic E-state index is -0.539. The number of benzene rings is 3. The fourth-order valence-electron chi connectivity index (χ4n) is 4.66. The van der Waals surface area contributed by atoms with Crippen LogP contribution in [0.25, 0.3) is 0 Å². The quantitative estimate of drug-likeness (QED) is 0.413. The van der Waals surface area contributed by atoms with Gasteiger partial charge < -0.3 is 20.1 Å². The summed E-state index contributed by atoms with van der Waals surface area (Å²) in [6.45, 7) is 2.06. The molecule has 3 aromatic rings. The van der Waals surface area contributed by atoms with Gasteiger partial charge in [0, 0.05) is 30.3 Å². The lowest BCUT2D eigenvalue weighted by Gasteiger charge is -2.19. The van der Waals surface area contributed by atoms with E-state index in [1.54, 1.807) is 43.4 Å². The van der Waals surface area contributed by atoms with Crippen LogP contribution < -0.4 is 20.1 Å². The summed E-state index contributed by atoms with van der Waals surface area (Å²) >= 11 is 0. The topological polar surface area (TPSA) is 72.0 Å². The lowest BCUT2D eigenvalue weighted by atomic mass is 9.89. The van der Waals surface area contributed by atoms with Gasteiger partial charge in [-0.15, -0.1) is 0 Å². The van der Waals surface area contributed by atoms with Crippen molar-refractivity contribution in [3.8, 4) is 11.5 Å². The Morgan fingerprint density at radius 1 is 1.08 bits per heavy atom. The largest absolute Gasteiger partial charge is 0.493 e. The molecule has 2 N–H and O–H groups in total. The van der Waals surface area contributed by atoms with Crippen molar-refractivity contribution in [2.75, 3.05) is 26.6 Å². The van der Waals surface area contributed by atoms with E-state index < -0.39 is 5.82 Å². The van der Waals surface area contributed by atoms with Crippen molar-refractivity contribution >= 4 is 23.0 Å². The number of fused-ring (bicyclic) bond motifs is 1. The predicted molar refractivity (Wildman–Crippen MR) is 141 cm³/mol. The monoisotopic (exact) mass is 507 g/mol. The van der Waals surface area contributed by atoms with Crippen LogP contribution in [0.2, 0.25) is 0 Å². The zero-order valence-electron chi connectivity index (χ0n) is 21.4. The van der Waals surface area contributed by atoms with Gasteiger partial charge in [-0.3, -0.25) is 9.79 Å². The lowest BCUT2D eigenvalue weighted by molar-refractivity contribution is -0.120. The fourth-order valence-corrected chi connectivity index (χ4v) is 4.66. The van der Waals surface area contributed by atoms with Crippen molar-refractivity contribution in [3.05, 3.63) is 82.9 Å². The van der Waals surface area contributed by atoms with Crippen LogP contribution in [0.3, 0.4) is 0 Å². The van der Waals surface area contributed by atoms with Crippen LogP contribution in [0.1, 0.15) is 36.5 Å². The third-order valence-electron chi connectivity index (χ3n) is 6.68. The maximum Gasteiger partial charge on any atom is 0.219 e. The number of halogens is 2. The molecule has 0 spiro atoms. The summed E-state index contributed by atoms with van der Waals surface area (Å²) in [6.07, 6.45) is 1.41. The van der Waals surface area contributed by atoms with Crippen LogP contribution in [0.5, 0.6) is 11.5 Å². The van der Waals surface area contributed by atoms with E-state index in [-0.39, 0.29) is 29.4 Å². The highest BCUT2D eigenvalue weighted by Gasteiger charge is 2.31. The van der Waals surface area contributed by atoms with Crippen molar-refractivity contribution in [1.29, 1.82) is 0 Å². The van der Waals surface area contributed by atoms with E-state index in [0.29, 0.717) is 53.2 Å². The Morgan fingerprint density at radius 2 is 1.81 bits per heavy atom. The average Bonchev–Trinajstić information content (AvgIpc) is 3.04. The predicted octanol–water partition coefficient (Wildman–Crippen LogP) is 5.65. The zero-order valence-corrected chi connectivity index (χ0v) is 21.4. The lowest BCUT2D eigenvalue weighted by Crippen LogP contribution is -2.23. The van der Waals surface area contributed by atoms with E-state index in [9.17, 15) is 9.18 Å². The van der Waals surface area contributed by atoms with Gasteiger partial charge in [-0.05, 0) is 54.7 Å². The molecule has 0 saturated carbocycles. The van der Waals surface area contributed by atoms with Crippen molar-refractivity contribution in [1.82, 2.24) is 5.32 Å². The molecule has 0 fully saturated rings. The number of anilines is 2. The normalized spacial score (nSPS) is 16.8. The summed E-state index contributed by atoms with van der Waals surface area (Å²) in [5.41, 5.74) is 3.35. The zero-order chi connectivity index (χ0) is 26.5. The van der Waals surface area contributed by atoms with Gasteiger partial charge in [0.1, 0.15) is 5.82 Å². The van der Waals surface area contributed by atoms with Crippen molar-refractivity contribution in [3.63, 3.8) is 0 Å². The molecule has 2 atom stereocenters. The van der Waals surface area contributed by atoms with Gasteiger partial charge in [-0.2, -0.15) is 0 Å². The van der Waals surface area contributed by atoms with Gasteiger partial charge in [0.2, 0.25) is 5.91 Å². The molecule has 1 heterocycles. The molecule has 37 heavy (non-hydrogen) atoms. The molecule has 3 aromatic carbocycles. The number of carbonyl (C=O) groups excluding carboxylic acids is 1. The number of aliphatic imine (C=N–C) groups is 1. The summed E-state index contributed by atoms with van der Waals surface area (Å²) in [5, 5.41) is 5.71. The number of para-hydroxylation sites is 1. The minimum absolute atomic E-state index is 0.0169. The highest BCUT2D eigenvalue weighted by Crippen LogP contribution is 2.39. The first-order valence-electron chi connectivity index (χ1n) is 12.2. The second-order valence-corrected chi connectivity index (χ2v) is 9.08. The molecule has 0 bridgehead atoms. The van der Waals surface area contributed by atoms with Crippen molar-refractivity contribution in [2.45, 2.75) is 32.2 Å². The van der Waals surface area contributed by atoms with E-state index in [2.05, 4.69) is 17.6 Å². The van der Waals surface area contributed by atoms with Crippen molar-refractivity contribution in [2.24, 2.45) is 10.9 Å². The molecule has 194 valence electrons. The Bertz CT molecular complexity index is 1310. The van der Waals surface area contributed by atoms with E-state index in [0.717, 1.165) is 5.56 Å². The number of hydrogen-bond donors (Lipinski definition) is 2. The van der Waals surface area contributed by atoms with Gasteiger partial charge in [0.05, 0.1) is 31.7 Å². The maximum atomic E-state index is 15.9. The van der Waals surface area contributed by atoms with E-state index >= 15 is 4.39 Å². The number of amides is 1. The number of methoxy groups -OCH3 is 2. The Balaban J connectivity index is 1.78. The molecule has 6 nitrogen and oxygen atoms in total. The third kappa shape index (κ3) is 5.58. The molecule has 1 aliphatic heterocycles. The van der Waals surface area contributed by atoms with E-state index in [4.69, 9.17) is 14.5 Å². The molecule has 0 aromatic heterocycles. The van der Waals surface area contributed by atoms with Crippen LogP contribution in [0.15, 0.2) is 59.6 Å². The number of hydrogen-bond acceptors (Lipinski definition) is 5. The van der Waals surface area contributed by atoms with Gasteiger partial charge >= 0.3 is 0 Å². The summed E-state index contributed by atoms with van der Waals surface area (Å²) in [7, 11) is 4.49. The number of ether oxygens (including phenoxy) is 2. The molecule has 0 saturated heterocycles. The second kappa shape index (κ2) is 11.4. The second-order valence-electron chi connectivity index (χ2n) is 9.08. The van der Waals surface area contributed by atoms with Crippen LogP contribution >= 0.6 is 0 Å². The van der Waals surface area contributed by atoms with Crippen LogP contribution in [-0.4, -0.2) is 38.9 Å². The first-order valence-corrected chi connectivity index (χ1v) is 12.2. The van der Waals surface area contributed by atoms with Crippen molar-refractivity contribution < 1.29 is 23.0 Å². The van der Waals surface area contributed by atoms with Gasteiger partial charge in [-0.25, -0.2) is 8.78 Å². The number of nitrogens with zero attached hydrogens (tertiary/aromatic N) is 1. The SMILES string of the molecule is CNC(=O)CCC1N=C(c2ccc(Nc3ccccc3F)cc2)c2c(cc(OC)c(OC)c2F)CC1C. The van der Waals surface area contributed by atoms with Gasteiger partial charge in [0.25, 0.3) is 0 Å². The molecular formula is C29H31F2N3O3. The van der Waals surface area contributed by atoms with E-state index in [1.165, 1.54) is 20.3 Å². The fraction of sp³-hybridized carbons (Fsp3) is 0.310. The smallest absolute Gasteiger partial charge is 0.219 e. The Morgan fingerprint density at radius 3 is 2.46 bits per heavy atom. The summed E-state index contributed by atoms with van der Waals surface area (Å²) in [6, 6.07) is 15.3. The van der Waals surface area contributed by atoms with Crippen LogP contribution in [-0.2, 0) is 11.2 Å². The van der Waals surface area contributed by atoms with E-state index in [1.807, 2.05) is 12.1 Å². The molecule has 2 unspecified atom stereocenters.